The number of imidazole rings is 1. The van der Waals surface area contributed by atoms with E-state index in [1.807, 2.05) is 10.8 Å². The number of benzene rings is 2. The number of aromatic nitrogens is 2. The van der Waals surface area contributed by atoms with Crippen LogP contribution in [-0.4, -0.2) is 18.3 Å². The molecule has 0 radical (unpaired) electrons. The molecule has 2 unspecified atom stereocenters. The Morgan fingerprint density at radius 2 is 1.62 bits per heavy atom. The van der Waals surface area contributed by atoms with Gasteiger partial charge >= 0.3 is 0 Å². The van der Waals surface area contributed by atoms with E-state index >= 15 is 0 Å². The molecule has 3 aromatic rings. The number of nitrogens with zero attached hydrogens (tertiary/aromatic N) is 2. The van der Waals surface area contributed by atoms with Gasteiger partial charge in [-0.15, -0.1) is 11.8 Å². The van der Waals surface area contributed by atoms with Gasteiger partial charge in [-0.3, -0.25) is 4.21 Å². The maximum Gasteiger partial charge on any atom is 0.0986 e. The SMILES string of the molecule is Cc1ccc(CSC(Cn2ccnc2)S(=O)Cc2ccc(C)cc2)cc1. The minimum Gasteiger partial charge on any atom is -0.335 e. The monoisotopic (exact) mass is 384 g/mol. The maximum atomic E-state index is 13.1. The fraction of sp³-hybridized carbons (Fsp3) is 0.286. The van der Waals surface area contributed by atoms with Crippen molar-refractivity contribution in [3.63, 3.8) is 0 Å². The molecule has 3 rings (SSSR count). The van der Waals surface area contributed by atoms with Crippen molar-refractivity contribution in [3.8, 4) is 0 Å². The molecule has 1 heterocycles. The average molecular weight is 385 g/mol. The third-order valence-corrected chi connectivity index (χ3v) is 7.62. The second kappa shape index (κ2) is 9.19. The summed E-state index contributed by atoms with van der Waals surface area (Å²) >= 11 is 1.76. The molecule has 0 spiro atoms. The van der Waals surface area contributed by atoms with Crippen molar-refractivity contribution in [1.29, 1.82) is 0 Å². The molecule has 2 aromatic carbocycles. The molecular weight excluding hydrogens is 360 g/mol. The number of hydrogen-bond acceptors (Lipinski definition) is 3. The zero-order chi connectivity index (χ0) is 18.4. The second-order valence-corrected chi connectivity index (χ2v) is 9.60. The first-order chi connectivity index (χ1) is 12.6. The van der Waals surface area contributed by atoms with E-state index in [0.29, 0.717) is 12.3 Å². The van der Waals surface area contributed by atoms with Crippen LogP contribution in [0.4, 0.5) is 0 Å². The highest BCUT2D eigenvalue weighted by Crippen LogP contribution is 2.24. The predicted molar refractivity (Wildman–Crippen MR) is 112 cm³/mol. The van der Waals surface area contributed by atoms with Crippen LogP contribution in [0.5, 0.6) is 0 Å². The molecule has 0 fully saturated rings. The molecule has 2 atom stereocenters. The molecule has 26 heavy (non-hydrogen) atoms. The van der Waals surface area contributed by atoms with Crippen LogP contribution in [-0.2, 0) is 28.9 Å². The molecule has 136 valence electrons. The van der Waals surface area contributed by atoms with Crippen LogP contribution in [0.15, 0.2) is 67.3 Å². The van der Waals surface area contributed by atoms with Crippen LogP contribution in [0.25, 0.3) is 0 Å². The molecule has 1 aromatic heterocycles. The molecule has 0 aliphatic rings. The standard InChI is InChI=1S/C21H24N2OS2/c1-17-3-7-19(8-4-17)14-25-21(13-23-12-11-22-16-23)26(24)15-20-9-5-18(2)6-10-20/h3-12,16,21H,13-15H2,1-2H3. The number of thioether (sulfide) groups is 1. The molecule has 0 amide bonds. The van der Waals surface area contributed by atoms with E-state index in [9.17, 15) is 4.21 Å². The molecule has 0 bridgehead atoms. The highest BCUT2D eigenvalue weighted by molar-refractivity contribution is 8.10. The average Bonchev–Trinajstić information content (AvgIpc) is 3.15. The summed E-state index contributed by atoms with van der Waals surface area (Å²) in [4.78, 5) is 4.11. The molecule has 0 saturated heterocycles. The molecule has 0 N–H and O–H groups in total. The van der Waals surface area contributed by atoms with Gasteiger partial charge in [0.1, 0.15) is 0 Å². The van der Waals surface area contributed by atoms with Crippen molar-refractivity contribution in [1.82, 2.24) is 9.55 Å². The first-order valence-corrected chi connectivity index (χ1v) is 11.1. The Balaban J connectivity index is 1.68. The Labute approximate surface area is 162 Å². The van der Waals surface area contributed by atoms with E-state index in [1.54, 1.807) is 24.3 Å². The van der Waals surface area contributed by atoms with Crippen LogP contribution in [0.2, 0.25) is 0 Å². The van der Waals surface area contributed by atoms with Crippen LogP contribution in [0, 0.1) is 13.8 Å². The summed E-state index contributed by atoms with van der Waals surface area (Å²) in [6, 6.07) is 16.9. The van der Waals surface area contributed by atoms with Crippen LogP contribution in [0.1, 0.15) is 22.3 Å². The molecule has 0 aliphatic carbocycles. The molecule has 5 heteroatoms. The van der Waals surface area contributed by atoms with Crippen molar-refractivity contribution in [2.24, 2.45) is 0 Å². The lowest BCUT2D eigenvalue weighted by Crippen LogP contribution is -2.19. The summed E-state index contributed by atoms with van der Waals surface area (Å²) in [5, 5.41) is 0. The van der Waals surface area contributed by atoms with Gasteiger partial charge in [-0.1, -0.05) is 59.7 Å². The Bertz CT molecular complexity index is 827. The van der Waals surface area contributed by atoms with Gasteiger partial charge in [0, 0.05) is 41.2 Å². The van der Waals surface area contributed by atoms with Crippen molar-refractivity contribution in [2.45, 2.75) is 36.5 Å². The summed E-state index contributed by atoms with van der Waals surface area (Å²) in [6.07, 6.45) is 5.50. The largest absolute Gasteiger partial charge is 0.335 e. The molecular formula is C21H24N2OS2. The Morgan fingerprint density at radius 3 is 2.19 bits per heavy atom. The van der Waals surface area contributed by atoms with Crippen LogP contribution >= 0.6 is 11.8 Å². The molecule has 0 aliphatic heterocycles. The van der Waals surface area contributed by atoms with Gasteiger partial charge in [0.05, 0.1) is 10.9 Å². The third-order valence-electron chi connectivity index (χ3n) is 4.20. The van der Waals surface area contributed by atoms with Gasteiger partial charge in [0.25, 0.3) is 0 Å². The summed E-state index contributed by atoms with van der Waals surface area (Å²) in [7, 11) is -0.964. The van der Waals surface area contributed by atoms with Gasteiger partial charge in [-0.2, -0.15) is 0 Å². The zero-order valence-electron chi connectivity index (χ0n) is 15.2. The van der Waals surface area contributed by atoms with E-state index in [-0.39, 0.29) is 4.58 Å². The van der Waals surface area contributed by atoms with Crippen molar-refractivity contribution in [3.05, 3.63) is 89.5 Å². The quantitative estimate of drug-likeness (QED) is 0.564. The van der Waals surface area contributed by atoms with Gasteiger partial charge in [-0.05, 0) is 25.0 Å². The minimum atomic E-state index is -0.964. The fourth-order valence-electron chi connectivity index (χ4n) is 2.59. The summed E-state index contributed by atoms with van der Waals surface area (Å²) < 4.78 is 15.1. The predicted octanol–water partition coefficient (Wildman–Crippen LogP) is 4.71. The smallest absolute Gasteiger partial charge is 0.0986 e. The minimum absolute atomic E-state index is 0.0202. The second-order valence-electron chi connectivity index (χ2n) is 6.50. The van der Waals surface area contributed by atoms with E-state index in [1.165, 1.54) is 16.7 Å². The van der Waals surface area contributed by atoms with Gasteiger partial charge in [-0.25, -0.2) is 4.98 Å². The Morgan fingerprint density at radius 1 is 1.00 bits per heavy atom. The normalized spacial score (nSPS) is 13.5. The third kappa shape index (κ3) is 5.58. The topological polar surface area (TPSA) is 34.9 Å². The van der Waals surface area contributed by atoms with Gasteiger partial charge in [0.15, 0.2) is 0 Å². The highest BCUT2D eigenvalue weighted by Gasteiger charge is 2.18. The lowest BCUT2D eigenvalue weighted by atomic mass is 10.2. The maximum absolute atomic E-state index is 13.1. The van der Waals surface area contributed by atoms with E-state index < -0.39 is 10.8 Å². The molecule has 0 saturated carbocycles. The highest BCUT2D eigenvalue weighted by atomic mass is 32.2. The van der Waals surface area contributed by atoms with Gasteiger partial charge < -0.3 is 4.57 Å². The Hall–Kier alpha value is -1.85. The fourth-order valence-corrected chi connectivity index (χ4v) is 5.50. The number of rotatable bonds is 8. The van der Waals surface area contributed by atoms with Crippen molar-refractivity contribution >= 4 is 22.6 Å². The number of hydrogen-bond donors (Lipinski definition) is 0. The first kappa shape index (κ1) is 18.9. The Kier molecular flexibility index (Phi) is 6.69. The summed E-state index contributed by atoms with van der Waals surface area (Å²) in [5.74, 6) is 1.44. The lowest BCUT2D eigenvalue weighted by Gasteiger charge is -2.17. The van der Waals surface area contributed by atoms with E-state index in [4.69, 9.17) is 0 Å². The van der Waals surface area contributed by atoms with Gasteiger partial charge in [0.2, 0.25) is 0 Å². The van der Waals surface area contributed by atoms with Crippen molar-refractivity contribution < 1.29 is 4.21 Å². The van der Waals surface area contributed by atoms with E-state index in [2.05, 4.69) is 67.4 Å². The van der Waals surface area contributed by atoms with Crippen LogP contribution < -0.4 is 0 Å². The van der Waals surface area contributed by atoms with Crippen molar-refractivity contribution in [2.75, 3.05) is 0 Å². The zero-order valence-corrected chi connectivity index (χ0v) is 16.8. The first-order valence-electron chi connectivity index (χ1n) is 8.66. The van der Waals surface area contributed by atoms with E-state index in [0.717, 1.165) is 11.3 Å². The molecule has 3 nitrogen and oxygen atoms in total. The number of aryl methyl sites for hydroxylation is 2. The summed E-state index contributed by atoms with van der Waals surface area (Å²) in [6.45, 7) is 4.87. The lowest BCUT2D eigenvalue weighted by molar-refractivity contribution is 0.666. The van der Waals surface area contributed by atoms with Crippen LogP contribution in [0.3, 0.4) is 0 Å². The summed E-state index contributed by atoms with van der Waals surface area (Å²) in [5.41, 5.74) is 4.88.